The van der Waals surface area contributed by atoms with E-state index < -0.39 is 0 Å². The molecule has 0 aliphatic heterocycles. The number of nitrogens with zero attached hydrogens (tertiary/aromatic N) is 1. The number of hydrogen-bond donors (Lipinski definition) is 3. The Morgan fingerprint density at radius 1 is 1.11 bits per heavy atom. The van der Waals surface area contributed by atoms with Crippen LogP contribution in [0.1, 0.15) is 11.1 Å². The monoisotopic (exact) mass is 397 g/mol. The van der Waals surface area contributed by atoms with Crippen LogP contribution in [0.2, 0.25) is 0 Å². The predicted molar refractivity (Wildman–Crippen MR) is 116 cm³/mol. The fourth-order valence-corrected chi connectivity index (χ4v) is 4.15. The summed E-state index contributed by atoms with van der Waals surface area (Å²) in [5.41, 5.74) is 2.41. The van der Waals surface area contributed by atoms with Crippen molar-refractivity contribution in [3.8, 4) is 5.75 Å². The van der Waals surface area contributed by atoms with Gasteiger partial charge in [0, 0.05) is 23.8 Å². The second kappa shape index (κ2) is 9.57. The Labute approximate surface area is 170 Å². The summed E-state index contributed by atoms with van der Waals surface area (Å²) in [6.07, 6.45) is 1.62. The number of likely N-dealkylation sites (N-methyl/N-ethyl adjacent to an activating group) is 1. The van der Waals surface area contributed by atoms with E-state index >= 15 is 0 Å². The Hall–Kier alpha value is -2.57. The molecule has 0 fully saturated rings. The third kappa shape index (κ3) is 5.47. The second-order valence-electron chi connectivity index (χ2n) is 7.13. The molecule has 0 saturated carbocycles. The average molecular weight is 398 g/mol. The number of benzene rings is 2. The van der Waals surface area contributed by atoms with E-state index in [0.717, 1.165) is 18.4 Å². The zero-order valence-electron chi connectivity index (χ0n) is 16.3. The molecule has 0 aliphatic rings. The maximum absolute atomic E-state index is 12.2. The first kappa shape index (κ1) is 20.2. The van der Waals surface area contributed by atoms with Crippen molar-refractivity contribution >= 4 is 27.5 Å². The molecule has 2 aromatic carbocycles. The number of phenols is 1. The lowest BCUT2D eigenvalue weighted by molar-refractivity contribution is 0.232. The van der Waals surface area contributed by atoms with Crippen molar-refractivity contribution in [3.63, 3.8) is 0 Å². The molecule has 3 rings (SSSR count). The quantitative estimate of drug-likeness (QED) is 0.544. The third-order valence-electron chi connectivity index (χ3n) is 4.88. The predicted octanol–water partition coefficient (Wildman–Crippen LogP) is 3.62. The molecule has 0 saturated heterocycles. The van der Waals surface area contributed by atoms with Gasteiger partial charge in [-0.25, -0.2) is 4.79 Å². The first-order chi connectivity index (χ1) is 13.5. The van der Waals surface area contributed by atoms with Gasteiger partial charge in [0.15, 0.2) is 0 Å². The molecule has 148 valence electrons. The highest BCUT2D eigenvalue weighted by Crippen LogP contribution is 2.25. The maximum Gasteiger partial charge on any atom is 0.314 e. The number of hydrogen-bond acceptors (Lipinski definition) is 4. The van der Waals surface area contributed by atoms with E-state index in [1.807, 2.05) is 38.4 Å². The Bertz CT molecular complexity index is 906. The van der Waals surface area contributed by atoms with Crippen LogP contribution in [0, 0.1) is 0 Å². The standard InChI is InChI=1S/C22H27N3O2S/c1-25(2)18(13-16-7-9-19(26)10-8-16)14-24-22(27)23-12-11-17-15-28-21-6-4-3-5-20(17)21/h3-10,15,18,26H,11-14H2,1-2H3,(H2,23,24,27)/t18-/m0/s1. The molecule has 2 amide bonds. The van der Waals surface area contributed by atoms with E-state index in [-0.39, 0.29) is 17.8 Å². The number of carbonyl (C=O) groups excluding carboxylic acids is 1. The largest absolute Gasteiger partial charge is 0.508 e. The van der Waals surface area contributed by atoms with Gasteiger partial charge in [0.25, 0.3) is 0 Å². The van der Waals surface area contributed by atoms with Crippen LogP contribution in [-0.4, -0.2) is 49.3 Å². The molecule has 1 heterocycles. The number of amides is 2. The van der Waals surface area contributed by atoms with Gasteiger partial charge in [0.1, 0.15) is 5.75 Å². The zero-order chi connectivity index (χ0) is 19.9. The van der Waals surface area contributed by atoms with Crippen molar-refractivity contribution < 1.29 is 9.90 Å². The van der Waals surface area contributed by atoms with Crippen LogP contribution in [-0.2, 0) is 12.8 Å². The first-order valence-electron chi connectivity index (χ1n) is 9.44. The normalized spacial score (nSPS) is 12.2. The smallest absolute Gasteiger partial charge is 0.314 e. The van der Waals surface area contributed by atoms with Crippen molar-refractivity contribution in [1.29, 1.82) is 0 Å². The van der Waals surface area contributed by atoms with Crippen molar-refractivity contribution in [2.75, 3.05) is 27.2 Å². The minimum absolute atomic E-state index is 0.142. The third-order valence-corrected chi connectivity index (χ3v) is 5.89. The van der Waals surface area contributed by atoms with E-state index in [1.165, 1.54) is 15.6 Å². The van der Waals surface area contributed by atoms with Crippen LogP contribution in [0.15, 0.2) is 53.9 Å². The number of carbonyl (C=O) groups is 1. The summed E-state index contributed by atoms with van der Waals surface area (Å²) in [4.78, 5) is 14.3. The van der Waals surface area contributed by atoms with E-state index in [1.54, 1.807) is 23.5 Å². The summed E-state index contributed by atoms with van der Waals surface area (Å²) >= 11 is 1.74. The van der Waals surface area contributed by atoms with Crippen molar-refractivity contribution in [2.45, 2.75) is 18.9 Å². The first-order valence-corrected chi connectivity index (χ1v) is 10.3. The van der Waals surface area contributed by atoms with Crippen molar-refractivity contribution in [1.82, 2.24) is 15.5 Å². The van der Waals surface area contributed by atoms with Gasteiger partial charge in [-0.1, -0.05) is 30.3 Å². The van der Waals surface area contributed by atoms with Gasteiger partial charge in [-0.15, -0.1) is 11.3 Å². The molecule has 28 heavy (non-hydrogen) atoms. The minimum atomic E-state index is -0.142. The fourth-order valence-electron chi connectivity index (χ4n) is 3.15. The van der Waals surface area contributed by atoms with Gasteiger partial charge in [-0.2, -0.15) is 0 Å². The average Bonchev–Trinajstić information content (AvgIpc) is 3.09. The molecule has 5 nitrogen and oxygen atoms in total. The fraction of sp³-hybridized carbons (Fsp3) is 0.318. The highest BCUT2D eigenvalue weighted by Gasteiger charge is 2.14. The summed E-state index contributed by atoms with van der Waals surface area (Å²) in [6, 6.07) is 15.6. The molecule has 6 heteroatoms. The van der Waals surface area contributed by atoms with E-state index in [0.29, 0.717) is 13.1 Å². The molecule has 0 unspecified atom stereocenters. The van der Waals surface area contributed by atoms with E-state index in [4.69, 9.17) is 0 Å². The Morgan fingerprint density at radius 3 is 2.61 bits per heavy atom. The molecule has 0 radical (unpaired) electrons. The van der Waals surface area contributed by atoms with Gasteiger partial charge in [-0.3, -0.25) is 0 Å². The molecule has 3 aromatic rings. The van der Waals surface area contributed by atoms with Crippen LogP contribution >= 0.6 is 11.3 Å². The molecule has 1 aromatic heterocycles. The SMILES string of the molecule is CN(C)[C@H](CNC(=O)NCCc1csc2ccccc12)Cc1ccc(O)cc1. The van der Waals surface area contributed by atoms with E-state index in [9.17, 15) is 9.90 Å². The van der Waals surface area contributed by atoms with Crippen LogP contribution in [0.4, 0.5) is 4.79 Å². The Kier molecular flexibility index (Phi) is 6.90. The number of rotatable bonds is 8. The van der Waals surface area contributed by atoms with Crippen molar-refractivity contribution in [3.05, 3.63) is 65.0 Å². The lowest BCUT2D eigenvalue weighted by Gasteiger charge is -2.25. The highest BCUT2D eigenvalue weighted by atomic mass is 32.1. The molecule has 1 atom stereocenters. The van der Waals surface area contributed by atoms with Crippen molar-refractivity contribution in [2.24, 2.45) is 0 Å². The molecular formula is C22H27N3O2S. The maximum atomic E-state index is 12.2. The lowest BCUT2D eigenvalue weighted by Crippen LogP contribution is -2.45. The summed E-state index contributed by atoms with van der Waals surface area (Å²) in [6.45, 7) is 1.16. The minimum Gasteiger partial charge on any atom is -0.508 e. The molecule has 0 bridgehead atoms. The number of urea groups is 1. The molecular weight excluding hydrogens is 370 g/mol. The van der Waals surface area contributed by atoms with Gasteiger partial charge in [-0.05, 0) is 67.0 Å². The van der Waals surface area contributed by atoms with Gasteiger partial charge >= 0.3 is 6.03 Å². The van der Waals surface area contributed by atoms with Gasteiger partial charge in [0.2, 0.25) is 0 Å². The summed E-state index contributed by atoms with van der Waals surface area (Å²) in [5, 5.41) is 18.8. The molecule has 0 aliphatic carbocycles. The van der Waals surface area contributed by atoms with Gasteiger partial charge in [0.05, 0.1) is 0 Å². The molecule has 0 spiro atoms. The van der Waals surface area contributed by atoms with Crippen LogP contribution in [0.25, 0.3) is 10.1 Å². The highest BCUT2D eigenvalue weighted by molar-refractivity contribution is 7.17. The molecule has 3 N–H and O–H groups in total. The zero-order valence-corrected chi connectivity index (χ0v) is 17.1. The lowest BCUT2D eigenvalue weighted by atomic mass is 10.1. The number of nitrogens with one attached hydrogen (secondary N) is 2. The number of fused-ring (bicyclic) bond motifs is 1. The van der Waals surface area contributed by atoms with Crippen LogP contribution < -0.4 is 10.6 Å². The summed E-state index contributed by atoms with van der Waals surface area (Å²) < 4.78 is 1.28. The van der Waals surface area contributed by atoms with Crippen LogP contribution in [0.3, 0.4) is 0 Å². The number of phenolic OH excluding ortho intramolecular Hbond substituents is 1. The Balaban J connectivity index is 1.44. The Morgan fingerprint density at radius 2 is 1.86 bits per heavy atom. The van der Waals surface area contributed by atoms with E-state index in [2.05, 4.69) is 33.0 Å². The topological polar surface area (TPSA) is 64.6 Å². The second-order valence-corrected chi connectivity index (χ2v) is 8.04. The number of thiophene rings is 1. The summed E-state index contributed by atoms with van der Waals surface area (Å²) in [7, 11) is 4.01. The van der Waals surface area contributed by atoms with Gasteiger partial charge < -0.3 is 20.6 Å². The summed E-state index contributed by atoms with van der Waals surface area (Å²) in [5.74, 6) is 0.265. The van der Waals surface area contributed by atoms with Crippen LogP contribution in [0.5, 0.6) is 5.75 Å². The number of aromatic hydroxyl groups is 1.